The standard InChI is InChI=1S/C30H46N2O3/c1-20(2)35-27(34)23-12-10-22(11-13-23)25(16-17-28(4,5)6)32-26(33)21(3)31-30(32)18-14-24(15-19-30)29(7,8)9/h10-13,20,24-25H,14-19H2,1-9H3/t24?,25-,30?/m1/s1. The van der Waals surface area contributed by atoms with Crippen LogP contribution in [0, 0.1) is 16.7 Å². The lowest BCUT2D eigenvalue weighted by molar-refractivity contribution is -0.134. The number of esters is 1. The van der Waals surface area contributed by atoms with E-state index in [4.69, 9.17) is 9.73 Å². The molecule has 1 spiro atoms. The van der Waals surface area contributed by atoms with E-state index < -0.39 is 5.66 Å². The number of amides is 1. The fourth-order valence-corrected chi connectivity index (χ4v) is 5.65. The first-order valence-electron chi connectivity index (χ1n) is 13.3. The predicted molar refractivity (Wildman–Crippen MR) is 143 cm³/mol. The van der Waals surface area contributed by atoms with E-state index in [0.29, 0.717) is 17.2 Å². The molecule has 1 amide bonds. The summed E-state index contributed by atoms with van der Waals surface area (Å²) in [6.45, 7) is 19.3. The largest absolute Gasteiger partial charge is 0.459 e. The number of aliphatic imine (C=N–C) groups is 1. The van der Waals surface area contributed by atoms with Crippen molar-refractivity contribution in [2.75, 3.05) is 0 Å². The van der Waals surface area contributed by atoms with Crippen LogP contribution in [0.25, 0.3) is 0 Å². The summed E-state index contributed by atoms with van der Waals surface area (Å²) in [5, 5.41) is 0. The van der Waals surface area contributed by atoms with Crippen molar-refractivity contribution in [2.45, 2.75) is 119 Å². The maximum absolute atomic E-state index is 13.6. The summed E-state index contributed by atoms with van der Waals surface area (Å²) in [5.74, 6) is 0.382. The third-order valence-corrected chi connectivity index (χ3v) is 7.72. The zero-order chi connectivity index (χ0) is 26.2. The van der Waals surface area contributed by atoms with Crippen LogP contribution >= 0.6 is 0 Å². The van der Waals surface area contributed by atoms with Crippen LogP contribution in [0.15, 0.2) is 29.3 Å². The molecular formula is C30H46N2O3. The molecule has 5 heteroatoms. The zero-order valence-corrected chi connectivity index (χ0v) is 23.4. The minimum atomic E-state index is -0.458. The van der Waals surface area contributed by atoms with Crippen molar-refractivity contribution in [2.24, 2.45) is 21.7 Å². The Morgan fingerprint density at radius 2 is 1.66 bits per heavy atom. The lowest BCUT2D eigenvalue weighted by atomic mass is 9.69. The minimum Gasteiger partial charge on any atom is -0.459 e. The molecule has 0 unspecified atom stereocenters. The topological polar surface area (TPSA) is 59.0 Å². The van der Waals surface area contributed by atoms with Gasteiger partial charge in [0.1, 0.15) is 5.66 Å². The van der Waals surface area contributed by atoms with Gasteiger partial charge >= 0.3 is 5.97 Å². The zero-order valence-electron chi connectivity index (χ0n) is 23.4. The number of nitrogens with zero attached hydrogens (tertiary/aromatic N) is 2. The summed E-state index contributed by atoms with van der Waals surface area (Å²) in [5.41, 5.74) is 2.18. The molecule has 0 aromatic heterocycles. The van der Waals surface area contributed by atoms with Gasteiger partial charge in [0.2, 0.25) is 0 Å². The fraction of sp³-hybridized carbons (Fsp3) is 0.700. The molecule has 194 valence electrons. The molecule has 0 radical (unpaired) electrons. The SMILES string of the molecule is CC1=NC2(CCC(C(C)(C)C)CC2)N([C@H](CCC(C)(C)C)c2ccc(C(=O)OC(C)C)cc2)C1=O. The minimum absolute atomic E-state index is 0.0569. The number of carbonyl (C=O) groups excluding carboxylic acids is 2. The fourth-order valence-electron chi connectivity index (χ4n) is 5.65. The summed E-state index contributed by atoms with van der Waals surface area (Å²) in [4.78, 5) is 33.2. The second-order valence-corrected chi connectivity index (χ2v) is 13.2. The van der Waals surface area contributed by atoms with Crippen molar-refractivity contribution in [1.82, 2.24) is 4.90 Å². The van der Waals surface area contributed by atoms with E-state index in [9.17, 15) is 9.59 Å². The molecule has 0 bridgehead atoms. The van der Waals surface area contributed by atoms with Crippen molar-refractivity contribution in [3.8, 4) is 0 Å². The van der Waals surface area contributed by atoms with Gasteiger partial charge in [-0.3, -0.25) is 9.79 Å². The number of hydrogen-bond acceptors (Lipinski definition) is 4. The van der Waals surface area contributed by atoms with Crippen molar-refractivity contribution in [3.05, 3.63) is 35.4 Å². The van der Waals surface area contributed by atoms with Crippen LogP contribution in [-0.4, -0.2) is 34.3 Å². The van der Waals surface area contributed by atoms with Crippen LogP contribution in [0.2, 0.25) is 0 Å². The molecule has 35 heavy (non-hydrogen) atoms. The normalized spacial score (nSPS) is 24.2. The highest BCUT2D eigenvalue weighted by atomic mass is 16.5. The molecule has 1 atom stereocenters. The van der Waals surface area contributed by atoms with Gasteiger partial charge < -0.3 is 9.64 Å². The molecule has 1 aliphatic heterocycles. The highest BCUT2D eigenvalue weighted by molar-refractivity contribution is 6.39. The molecule has 2 aliphatic rings. The summed E-state index contributed by atoms with van der Waals surface area (Å²) >= 11 is 0. The Balaban J connectivity index is 1.95. The number of carbonyl (C=O) groups is 2. The third kappa shape index (κ3) is 6.34. The van der Waals surface area contributed by atoms with Gasteiger partial charge in [-0.05, 0) is 93.7 Å². The molecule has 1 aromatic carbocycles. The number of rotatable bonds is 6. The smallest absolute Gasteiger partial charge is 0.338 e. The lowest BCUT2D eigenvalue weighted by Crippen LogP contribution is -2.51. The molecule has 1 fully saturated rings. The Labute approximate surface area is 212 Å². The van der Waals surface area contributed by atoms with E-state index in [1.54, 1.807) is 0 Å². The quantitative estimate of drug-likeness (QED) is 0.398. The van der Waals surface area contributed by atoms with Gasteiger partial charge in [-0.1, -0.05) is 53.7 Å². The van der Waals surface area contributed by atoms with Gasteiger partial charge in [0.15, 0.2) is 0 Å². The van der Waals surface area contributed by atoms with Gasteiger partial charge in [-0.15, -0.1) is 0 Å². The van der Waals surface area contributed by atoms with E-state index >= 15 is 0 Å². The second kappa shape index (κ2) is 10.1. The van der Waals surface area contributed by atoms with Crippen LogP contribution in [0.5, 0.6) is 0 Å². The molecular weight excluding hydrogens is 436 g/mol. The van der Waals surface area contributed by atoms with E-state index in [-0.39, 0.29) is 34.9 Å². The summed E-state index contributed by atoms with van der Waals surface area (Å²) in [6.07, 6.45) is 5.65. The molecule has 3 rings (SSSR count). The van der Waals surface area contributed by atoms with Gasteiger partial charge in [-0.2, -0.15) is 0 Å². The molecule has 0 saturated heterocycles. The number of benzene rings is 1. The van der Waals surface area contributed by atoms with Crippen molar-refractivity contribution < 1.29 is 14.3 Å². The lowest BCUT2D eigenvalue weighted by Gasteiger charge is -2.48. The van der Waals surface area contributed by atoms with E-state index in [1.807, 2.05) is 45.0 Å². The van der Waals surface area contributed by atoms with Crippen LogP contribution in [0.3, 0.4) is 0 Å². The molecule has 1 heterocycles. The Morgan fingerprint density at radius 1 is 1.09 bits per heavy atom. The number of hydrogen-bond donors (Lipinski definition) is 0. The Hall–Kier alpha value is -2.17. The molecule has 1 aromatic rings. The molecule has 0 N–H and O–H groups in total. The highest BCUT2D eigenvalue weighted by Gasteiger charge is 2.51. The van der Waals surface area contributed by atoms with Crippen molar-refractivity contribution in [1.29, 1.82) is 0 Å². The first-order chi connectivity index (χ1) is 16.1. The Bertz CT molecular complexity index is 939. The maximum Gasteiger partial charge on any atom is 0.338 e. The summed E-state index contributed by atoms with van der Waals surface area (Å²) in [6, 6.07) is 7.59. The Morgan fingerprint density at radius 3 is 2.14 bits per heavy atom. The summed E-state index contributed by atoms with van der Waals surface area (Å²) in [7, 11) is 0. The van der Waals surface area contributed by atoms with Gasteiger partial charge in [0.05, 0.1) is 23.4 Å². The van der Waals surface area contributed by atoms with Crippen LogP contribution in [-0.2, 0) is 9.53 Å². The van der Waals surface area contributed by atoms with E-state index in [1.165, 1.54) is 0 Å². The third-order valence-electron chi connectivity index (χ3n) is 7.72. The monoisotopic (exact) mass is 482 g/mol. The predicted octanol–water partition coefficient (Wildman–Crippen LogP) is 7.35. The second-order valence-electron chi connectivity index (χ2n) is 13.2. The van der Waals surface area contributed by atoms with E-state index in [2.05, 4.69) is 46.4 Å². The highest BCUT2D eigenvalue weighted by Crippen LogP contribution is 2.49. The van der Waals surface area contributed by atoms with Gasteiger partial charge in [0, 0.05) is 0 Å². The molecule has 1 saturated carbocycles. The van der Waals surface area contributed by atoms with Crippen molar-refractivity contribution in [3.63, 3.8) is 0 Å². The Kier molecular flexibility index (Phi) is 7.88. The van der Waals surface area contributed by atoms with Crippen LogP contribution < -0.4 is 0 Å². The van der Waals surface area contributed by atoms with Crippen LogP contribution in [0.1, 0.15) is 123 Å². The maximum atomic E-state index is 13.6. The number of ether oxygens (including phenoxy) is 1. The van der Waals surface area contributed by atoms with Gasteiger partial charge in [-0.25, -0.2) is 4.79 Å². The molecule has 5 nitrogen and oxygen atoms in total. The average Bonchev–Trinajstić information content (AvgIpc) is 2.97. The summed E-state index contributed by atoms with van der Waals surface area (Å²) < 4.78 is 5.37. The molecule has 1 aliphatic carbocycles. The first kappa shape index (κ1) is 27.4. The van der Waals surface area contributed by atoms with Crippen LogP contribution in [0.4, 0.5) is 0 Å². The first-order valence-corrected chi connectivity index (χ1v) is 13.3. The van der Waals surface area contributed by atoms with Crippen molar-refractivity contribution >= 4 is 17.6 Å². The van der Waals surface area contributed by atoms with Gasteiger partial charge in [0.25, 0.3) is 5.91 Å². The van der Waals surface area contributed by atoms with E-state index in [0.717, 1.165) is 44.1 Å². The average molecular weight is 483 g/mol.